The first kappa shape index (κ1) is 18.2. The van der Waals surface area contributed by atoms with Gasteiger partial charge in [-0.05, 0) is 54.6 Å². The van der Waals surface area contributed by atoms with E-state index in [1.165, 1.54) is 12.1 Å². The van der Waals surface area contributed by atoms with Crippen molar-refractivity contribution in [1.29, 1.82) is 0 Å². The molecule has 9 heteroatoms. The molecule has 0 bridgehead atoms. The second-order valence-electron chi connectivity index (χ2n) is 6.49. The Morgan fingerprint density at radius 3 is 2.37 bits per heavy atom. The first-order valence-electron chi connectivity index (χ1n) is 9.00. The molecule has 0 spiro atoms. The molecule has 2 heterocycles. The molecule has 0 atom stereocenters. The molecule has 1 aliphatic heterocycles. The predicted molar refractivity (Wildman–Crippen MR) is 109 cm³/mol. The molecular formula is C21H15N3O5S. The molecule has 4 aromatic rings. The number of fused-ring (bicyclic) bond motifs is 1. The summed E-state index contributed by atoms with van der Waals surface area (Å²) in [6.45, 7) is 0.189. The SMILES string of the molecule is O=S(=O)(Nc1ccc(-c2noc(-c3ccc4c(c3)OCO4)n2)cc1)c1ccccc1. The highest BCUT2D eigenvalue weighted by atomic mass is 32.2. The van der Waals surface area contributed by atoms with Gasteiger partial charge in [0.2, 0.25) is 12.6 Å². The molecule has 30 heavy (non-hydrogen) atoms. The zero-order chi connectivity index (χ0) is 20.6. The highest BCUT2D eigenvalue weighted by Gasteiger charge is 2.18. The molecule has 0 saturated heterocycles. The molecule has 0 saturated carbocycles. The molecule has 1 N–H and O–H groups in total. The Hall–Kier alpha value is -3.85. The number of nitrogens with one attached hydrogen (secondary N) is 1. The van der Waals surface area contributed by atoms with Gasteiger partial charge in [0.1, 0.15) is 0 Å². The van der Waals surface area contributed by atoms with E-state index < -0.39 is 10.0 Å². The van der Waals surface area contributed by atoms with Gasteiger partial charge in [0.05, 0.1) is 4.90 Å². The minimum Gasteiger partial charge on any atom is -0.454 e. The van der Waals surface area contributed by atoms with E-state index in [0.29, 0.717) is 40.0 Å². The van der Waals surface area contributed by atoms with Gasteiger partial charge in [-0.15, -0.1) is 0 Å². The summed E-state index contributed by atoms with van der Waals surface area (Å²) in [5, 5.41) is 4.01. The van der Waals surface area contributed by atoms with E-state index in [-0.39, 0.29) is 11.7 Å². The molecule has 0 amide bonds. The van der Waals surface area contributed by atoms with Crippen molar-refractivity contribution in [3.05, 3.63) is 72.8 Å². The molecule has 0 aliphatic carbocycles. The van der Waals surface area contributed by atoms with Gasteiger partial charge in [-0.25, -0.2) is 8.42 Å². The van der Waals surface area contributed by atoms with Crippen LogP contribution in [0.1, 0.15) is 0 Å². The molecule has 0 fully saturated rings. The first-order chi connectivity index (χ1) is 14.6. The third kappa shape index (κ3) is 3.46. The number of hydrogen-bond acceptors (Lipinski definition) is 7. The fourth-order valence-electron chi connectivity index (χ4n) is 2.99. The summed E-state index contributed by atoms with van der Waals surface area (Å²) in [5.74, 6) is 2.03. The number of hydrogen-bond donors (Lipinski definition) is 1. The van der Waals surface area contributed by atoms with Gasteiger partial charge in [-0.1, -0.05) is 23.4 Å². The van der Waals surface area contributed by atoms with Crippen molar-refractivity contribution in [2.24, 2.45) is 0 Å². The highest BCUT2D eigenvalue weighted by molar-refractivity contribution is 7.92. The third-order valence-corrected chi connectivity index (χ3v) is 5.89. The molecule has 0 unspecified atom stereocenters. The Balaban J connectivity index is 1.35. The molecule has 8 nitrogen and oxygen atoms in total. The standard InChI is InChI=1S/C21H15N3O5S/c25-30(26,17-4-2-1-3-5-17)24-16-9-6-14(7-10-16)20-22-21(29-23-20)15-8-11-18-19(12-15)28-13-27-18/h1-12,24H,13H2. The number of rotatable bonds is 5. The van der Waals surface area contributed by atoms with Crippen molar-refractivity contribution in [1.82, 2.24) is 10.1 Å². The van der Waals surface area contributed by atoms with Crippen LogP contribution in [0.15, 0.2) is 82.2 Å². The van der Waals surface area contributed by atoms with Gasteiger partial charge in [-0.3, -0.25) is 4.72 Å². The van der Waals surface area contributed by atoms with E-state index in [9.17, 15) is 8.42 Å². The molecule has 0 radical (unpaired) electrons. The number of aromatic nitrogens is 2. The van der Waals surface area contributed by atoms with Gasteiger partial charge < -0.3 is 14.0 Å². The monoisotopic (exact) mass is 421 g/mol. The smallest absolute Gasteiger partial charge is 0.261 e. The van der Waals surface area contributed by atoms with Gasteiger partial charge in [0, 0.05) is 16.8 Å². The van der Waals surface area contributed by atoms with Crippen LogP contribution in [0.4, 0.5) is 5.69 Å². The second kappa shape index (κ2) is 7.20. The largest absolute Gasteiger partial charge is 0.454 e. The third-order valence-electron chi connectivity index (χ3n) is 4.49. The van der Waals surface area contributed by atoms with E-state index in [1.54, 1.807) is 54.6 Å². The fourth-order valence-corrected chi connectivity index (χ4v) is 4.07. The van der Waals surface area contributed by atoms with Crippen LogP contribution < -0.4 is 14.2 Å². The van der Waals surface area contributed by atoms with E-state index in [1.807, 2.05) is 6.07 Å². The lowest BCUT2D eigenvalue weighted by Gasteiger charge is -2.08. The van der Waals surface area contributed by atoms with Gasteiger partial charge in [0.15, 0.2) is 11.5 Å². The minimum absolute atomic E-state index is 0.189. The molecule has 150 valence electrons. The number of ether oxygens (including phenoxy) is 2. The normalized spacial score (nSPS) is 12.7. The zero-order valence-corrected chi connectivity index (χ0v) is 16.3. The van der Waals surface area contributed by atoms with Gasteiger partial charge in [0.25, 0.3) is 15.9 Å². The Morgan fingerprint density at radius 2 is 1.57 bits per heavy atom. The topological polar surface area (TPSA) is 104 Å². The molecule has 3 aromatic carbocycles. The van der Waals surface area contributed by atoms with Crippen molar-refractivity contribution in [2.45, 2.75) is 4.90 Å². The maximum atomic E-state index is 12.4. The van der Waals surface area contributed by atoms with E-state index in [0.717, 1.165) is 0 Å². The average molecular weight is 421 g/mol. The zero-order valence-electron chi connectivity index (χ0n) is 15.5. The predicted octanol–water partition coefficient (Wildman–Crippen LogP) is 3.93. The lowest BCUT2D eigenvalue weighted by molar-refractivity contribution is 0.174. The van der Waals surface area contributed by atoms with Crippen molar-refractivity contribution in [3.8, 4) is 34.3 Å². The molecular weight excluding hydrogens is 406 g/mol. The molecule has 1 aromatic heterocycles. The Labute approximate surface area is 172 Å². The summed E-state index contributed by atoms with van der Waals surface area (Å²) in [7, 11) is -3.65. The first-order valence-corrected chi connectivity index (χ1v) is 10.5. The average Bonchev–Trinajstić information content (AvgIpc) is 3.44. The van der Waals surface area contributed by atoms with E-state index >= 15 is 0 Å². The number of nitrogens with zero attached hydrogens (tertiary/aromatic N) is 2. The summed E-state index contributed by atoms with van der Waals surface area (Å²) >= 11 is 0. The van der Waals surface area contributed by atoms with Crippen molar-refractivity contribution in [2.75, 3.05) is 11.5 Å². The van der Waals surface area contributed by atoms with Crippen LogP contribution in [-0.4, -0.2) is 25.4 Å². The minimum atomic E-state index is -3.65. The Bertz CT molecular complexity index is 1300. The van der Waals surface area contributed by atoms with Crippen LogP contribution >= 0.6 is 0 Å². The molecule has 5 rings (SSSR count). The van der Waals surface area contributed by atoms with E-state index in [2.05, 4.69) is 14.9 Å². The highest BCUT2D eigenvalue weighted by Crippen LogP contribution is 2.35. The number of anilines is 1. The second-order valence-corrected chi connectivity index (χ2v) is 8.17. The Kier molecular flexibility index (Phi) is 4.36. The summed E-state index contributed by atoms with van der Waals surface area (Å²) in [5.41, 5.74) is 1.83. The summed E-state index contributed by atoms with van der Waals surface area (Å²) in [4.78, 5) is 4.61. The quantitative estimate of drug-likeness (QED) is 0.521. The number of sulfonamides is 1. The Morgan fingerprint density at radius 1 is 0.833 bits per heavy atom. The van der Waals surface area contributed by atoms with Crippen LogP contribution in [0.2, 0.25) is 0 Å². The summed E-state index contributed by atoms with van der Waals surface area (Å²) < 4.78 is 43.4. The van der Waals surface area contributed by atoms with Crippen LogP contribution in [0.25, 0.3) is 22.8 Å². The van der Waals surface area contributed by atoms with Crippen LogP contribution in [0, 0.1) is 0 Å². The van der Waals surface area contributed by atoms with Crippen LogP contribution in [-0.2, 0) is 10.0 Å². The number of benzene rings is 3. The van der Waals surface area contributed by atoms with Crippen molar-refractivity contribution in [3.63, 3.8) is 0 Å². The molecule has 1 aliphatic rings. The van der Waals surface area contributed by atoms with E-state index in [4.69, 9.17) is 14.0 Å². The maximum absolute atomic E-state index is 12.4. The van der Waals surface area contributed by atoms with Crippen LogP contribution in [0.5, 0.6) is 11.5 Å². The fraction of sp³-hybridized carbons (Fsp3) is 0.0476. The summed E-state index contributed by atoms with van der Waals surface area (Å²) in [6, 6.07) is 20.3. The van der Waals surface area contributed by atoms with Gasteiger partial charge >= 0.3 is 0 Å². The van der Waals surface area contributed by atoms with Crippen LogP contribution in [0.3, 0.4) is 0 Å². The van der Waals surface area contributed by atoms with Crippen molar-refractivity contribution < 1.29 is 22.4 Å². The van der Waals surface area contributed by atoms with Crippen molar-refractivity contribution >= 4 is 15.7 Å². The lowest BCUT2D eigenvalue weighted by Crippen LogP contribution is -2.12. The summed E-state index contributed by atoms with van der Waals surface area (Å²) in [6.07, 6.45) is 0. The van der Waals surface area contributed by atoms with Gasteiger partial charge in [-0.2, -0.15) is 4.98 Å². The maximum Gasteiger partial charge on any atom is 0.261 e. The lowest BCUT2D eigenvalue weighted by atomic mass is 10.2.